The van der Waals surface area contributed by atoms with Gasteiger partial charge in [0.2, 0.25) is 0 Å². The molecular formula is C65H44N8O. The monoisotopic (exact) mass is 952 g/mol. The lowest BCUT2D eigenvalue weighted by Gasteiger charge is -2.28. The summed E-state index contributed by atoms with van der Waals surface area (Å²) in [5.74, 6) is 3.08. The minimum Gasteiger partial charge on any atom is -0.318 e. The first-order valence-corrected chi connectivity index (χ1v) is 25.4. The molecule has 3 aliphatic rings. The third kappa shape index (κ3) is 5.77. The third-order valence-electron chi connectivity index (χ3n) is 15.7. The van der Waals surface area contributed by atoms with Gasteiger partial charge in [-0.3, -0.25) is 22.8 Å². The second-order valence-electron chi connectivity index (χ2n) is 19.6. The second kappa shape index (κ2) is 15.6. The van der Waals surface area contributed by atoms with Crippen molar-refractivity contribution >= 4 is 83.1 Å². The summed E-state index contributed by atoms with van der Waals surface area (Å²) in [6.07, 6.45) is 15.2. The number of fused-ring (bicyclic) bond motifs is 13. The highest BCUT2D eigenvalue weighted by molar-refractivity contribution is 6.10. The first-order chi connectivity index (χ1) is 36.7. The molecule has 7 aromatic carbocycles. The van der Waals surface area contributed by atoms with Crippen LogP contribution in [-0.4, -0.2) is 38.8 Å². The Bertz CT molecular complexity index is 4450. The Balaban J connectivity index is 0.988. The molecule has 0 fully saturated rings. The van der Waals surface area contributed by atoms with E-state index in [1.165, 1.54) is 22.2 Å². The third-order valence-corrected chi connectivity index (χ3v) is 15.7. The summed E-state index contributed by atoms with van der Waals surface area (Å²) >= 11 is 0. The van der Waals surface area contributed by atoms with Crippen molar-refractivity contribution in [3.05, 3.63) is 252 Å². The SMILES string of the molecule is O=c1n(-c2cc(N3c4ccccc4C4C=CC=CC43)nc(-n3c4c(c5ccccc53)C=CCC4)c2)c2ccccc2n1-c1cc(-n2c3ccccc3c3ccccc32)nc(-n2c3ccccc3c3ccccc32)c1. The van der Waals surface area contributed by atoms with E-state index in [0.29, 0.717) is 17.3 Å². The van der Waals surface area contributed by atoms with E-state index in [1.54, 1.807) is 0 Å². The molecule has 16 rings (SSSR count). The van der Waals surface area contributed by atoms with E-state index in [9.17, 15) is 0 Å². The van der Waals surface area contributed by atoms with Crippen LogP contribution in [0.4, 0.5) is 11.5 Å². The quantitative estimate of drug-likeness (QED) is 0.166. The largest absolute Gasteiger partial charge is 0.338 e. The fraction of sp³-hybridized carbons (Fsp3) is 0.0615. The van der Waals surface area contributed by atoms with Crippen LogP contribution in [0.5, 0.6) is 0 Å². The maximum Gasteiger partial charge on any atom is 0.338 e. The van der Waals surface area contributed by atoms with E-state index in [2.05, 4.69) is 237 Å². The number of para-hydroxylation sites is 8. The Labute approximate surface area is 424 Å². The highest BCUT2D eigenvalue weighted by Crippen LogP contribution is 2.48. The average Bonchev–Trinajstić information content (AvgIpc) is 4.25. The van der Waals surface area contributed by atoms with Crippen molar-refractivity contribution in [3.8, 4) is 28.8 Å². The summed E-state index contributed by atoms with van der Waals surface area (Å²) in [5.41, 5.74) is 12.8. The summed E-state index contributed by atoms with van der Waals surface area (Å²) in [6.45, 7) is 0. The number of hydrogen-bond donors (Lipinski definition) is 0. The van der Waals surface area contributed by atoms with E-state index in [0.717, 1.165) is 96.0 Å². The highest BCUT2D eigenvalue weighted by atomic mass is 16.1. The summed E-state index contributed by atoms with van der Waals surface area (Å²) in [5, 5.41) is 5.71. The lowest BCUT2D eigenvalue weighted by Crippen LogP contribution is -2.30. The van der Waals surface area contributed by atoms with Crippen LogP contribution in [-0.2, 0) is 6.42 Å². The van der Waals surface area contributed by atoms with Gasteiger partial charge >= 0.3 is 5.69 Å². The van der Waals surface area contributed by atoms with Gasteiger partial charge in [0.05, 0.1) is 56.0 Å². The molecule has 0 radical (unpaired) electrons. The number of allylic oxidation sites excluding steroid dienone is 3. The molecule has 0 spiro atoms. The maximum atomic E-state index is 16.3. The summed E-state index contributed by atoms with van der Waals surface area (Å²) in [4.78, 5) is 29.9. The maximum absolute atomic E-state index is 16.3. The lowest BCUT2D eigenvalue weighted by molar-refractivity contribution is 0.735. The van der Waals surface area contributed by atoms with Crippen LogP contribution >= 0.6 is 0 Å². The molecule has 7 heterocycles. The van der Waals surface area contributed by atoms with Gasteiger partial charge in [0, 0.05) is 74.1 Å². The highest BCUT2D eigenvalue weighted by Gasteiger charge is 2.38. The van der Waals surface area contributed by atoms with Crippen LogP contribution in [0.25, 0.3) is 100 Å². The molecule has 74 heavy (non-hydrogen) atoms. The molecule has 2 atom stereocenters. The fourth-order valence-corrected chi connectivity index (χ4v) is 12.7. The van der Waals surface area contributed by atoms with Crippen LogP contribution in [0.1, 0.15) is 29.2 Å². The smallest absolute Gasteiger partial charge is 0.318 e. The van der Waals surface area contributed by atoms with E-state index in [1.807, 2.05) is 21.3 Å². The Kier molecular flexibility index (Phi) is 8.65. The molecule has 0 saturated heterocycles. The Morgan fingerprint density at radius 3 is 1.42 bits per heavy atom. The zero-order valence-electron chi connectivity index (χ0n) is 40.0. The summed E-state index contributed by atoms with van der Waals surface area (Å²) in [6, 6.07) is 67.8. The van der Waals surface area contributed by atoms with Crippen molar-refractivity contribution in [2.45, 2.75) is 24.8 Å². The number of rotatable bonds is 6. The summed E-state index contributed by atoms with van der Waals surface area (Å²) in [7, 11) is 0. The molecular weight excluding hydrogens is 909 g/mol. The van der Waals surface area contributed by atoms with Gasteiger partial charge in [0.1, 0.15) is 23.3 Å². The Hall–Kier alpha value is -9.73. The van der Waals surface area contributed by atoms with Crippen molar-refractivity contribution in [1.29, 1.82) is 0 Å². The molecule has 0 amide bonds. The van der Waals surface area contributed by atoms with E-state index in [-0.39, 0.29) is 17.6 Å². The number of hydrogen-bond acceptors (Lipinski definition) is 4. The van der Waals surface area contributed by atoms with Gasteiger partial charge in [-0.1, -0.05) is 158 Å². The van der Waals surface area contributed by atoms with Crippen LogP contribution in [0.15, 0.2) is 229 Å². The van der Waals surface area contributed by atoms with Crippen molar-refractivity contribution in [2.75, 3.05) is 4.90 Å². The number of aromatic nitrogens is 7. The minimum absolute atomic E-state index is 0.000299. The Morgan fingerprint density at radius 1 is 0.419 bits per heavy atom. The fourth-order valence-electron chi connectivity index (χ4n) is 12.7. The lowest BCUT2D eigenvalue weighted by atomic mass is 9.91. The summed E-state index contributed by atoms with van der Waals surface area (Å²) < 4.78 is 10.6. The van der Waals surface area contributed by atoms with Crippen LogP contribution in [0.3, 0.4) is 0 Å². The number of pyridine rings is 2. The topological polar surface area (TPSA) is 70.7 Å². The van der Waals surface area contributed by atoms with Gasteiger partial charge in [0.15, 0.2) is 0 Å². The number of nitrogens with zero attached hydrogens (tertiary/aromatic N) is 8. The first kappa shape index (κ1) is 40.9. The van der Waals surface area contributed by atoms with Gasteiger partial charge in [-0.05, 0) is 66.9 Å². The first-order valence-electron chi connectivity index (χ1n) is 25.4. The zero-order valence-corrected chi connectivity index (χ0v) is 40.0. The predicted octanol–water partition coefficient (Wildman–Crippen LogP) is 14.4. The Morgan fingerprint density at radius 2 is 0.851 bits per heavy atom. The van der Waals surface area contributed by atoms with Crippen molar-refractivity contribution in [1.82, 2.24) is 32.8 Å². The van der Waals surface area contributed by atoms with Gasteiger partial charge in [0.25, 0.3) is 0 Å². The molecule has 9 heteroatoms. The van der Waals surface area contributed by atoms with Crippen LogP contribution in [0.2, 0.25) is 0 Å². The minimum atomic E-state index is -0.204. The van der Waals surface area contributed by atoms with Crippen LogP contribution < -0.4 is 10.6 Å². The number of anilines is 2. The molecule has 2 aliphatic carbocycles. The van der Waals surface area contributed by atoms with Crippen molar-refractivity contribution in [2.24, 2.45) is 0 Å². The molecule has 1 aliphatic heterocycles. The zero-order chi connectivity index (χ0) is 48.6. The molecule has 350 valence electrons. The second-order valence-corrected chi connectivity index (χ2v) is 19.6. The molecule has 13 aromatic rings. The van der Waals surface area contributed by atoms with Gasteiger partial charge in [-0.25, -0.2) is 14.8 Å². The van der Waals surface area contributed by atoms with E-state index in [4.69, 9.17) is 9.97 Å². The molecule has 0 saturated carbocycles. The van der Waals surface area contributed by atoms with Crippen molar-refractivity contribution < 1.29 is 0 Å². The molecule has 6 aromatic heterocycles. The molecule has 2 unspecified atom stereocenters. The molecule has 9 nitrogen and oxygen atoms in total. The van der Waals surface area contributed by atoms with Crippen LogP contribution in [0, 0.1) is 0 Å². The van der Waals surface area contributed by atoms with E-state index >= 15 is 4.79 Å². The van der Waals surface area contributed by atoms with Gasteiger partial charge in [-0.2, -0.15) is 0 Å². The van der Waals surface area contributed by atoms with E-state index < -0.39 is 0 Å². The number of imidazole rings is 1. The van der Waals surface area contributed by atoms with Gasteiger partial charge in [-0.15, -0.1) is 0 Å². The predicted molar refractivity (Wildman–Crippen MR) is 301 cm³/mol. The number of benzene rings is 7. The molecule has 0 N–H and O–H groups in total. The normalized spacial score (nSPS) is 15.9. The van der Waals surface area contributed by atoms with Crippen molar-refractivity contribution in [3.63, 3.8) is 0 Å². The molecule has 0 bridgehead atoms. The average molecular weight is 953 g/mol. The van der Waals surface area contributed by atoms with Gasteiger partial charge < -0.3 is 4.90 Å². The standard InChI is InChI=1S/C65H44N8O/c74-65-68(41-37-61(70-51-27-9-1-19-43(51)44-20-2-10-28-52(44)70)66-62(38-41)71-53-29-11-3-21-45(53)46-22-4-12-30-54(46)71)59-35-17-18-36-60(59)69(65)42-39-63(72-55-31-13-5-23-47(55)48-24-6-14-32-56(48)72)67-64(40-42)73-57-33-15-7-25-49(57)50-26-8-16-34-58(50)73/h1-15,17-33,35-40,47,55H,16,34H2.